The molecular formula is C12H17NO3. The Hall–Kier alpha value is -1.58. The largest absolute Gasteiger partial charge is 0.464 e. The van der Waals surface area contributed by atoms with Crippen molar-refractivity contribution in [3.05, 3.63) is 34.7 Å². The number of ether oxygens (including phenoxy) is 1. The molecule has 0 fully saturated rings. The van der Waals surface area contributed by atoms with Gasteiger partial charge in [0.05, 0.1) is 6.61 Å². The first-order valence-corrected chi connectivity index (χ1v) is 5.36. The van der Waals surface area contributed by atoms with E-state index in [-0.39, 0.29) is 11.5 Å². The summed E-state index contributed by atoms with van der Waals surface area (Å²) in [6, 6.07) is 4.21. The van der Waals surface area contributed by atoms with Gasteiger partial charge in [0.1, 0.15) is 6.04 Å². The topological polar surface area (TPSA) is 48.3 Å². The van der Waals surface area contributed by atoms with Gasteiger partial charge in [-0.05, 0) is 18.9 Å². The third kappa shape index (κ3) is 3.22. The molecule has 4 heteroatoms. The van der Waals surface area contributed by atoms with Gasteiger partial charge in [-0.25, -0.2) is 4.79 Å². The summed E-state index contributed by atoms with van der Waals surface area (Å²) >= 11 is 0. The van der Waals surface area contributed by atoms with Crippen molar-refractivity contribution in [1.82, 2.24) is 4.57 Å². The van der Waals surface area contributed by atoms with Crippen molar-refractivity contribution in [2.75, 3.05) is 6.61 Å². The number of esters is 1. The second-order valence-electron chi connectivity index (χ2n) is 4.15. The molecule has 1 aromatic rings. The Kier molecular flexibility index (Phi) is 4.28. The highest BCUT2D eigenvalue weighted by molar-refractivity contribution is 5.73. The van der Waals surface area contributed by atoms with E-state index in [1.807, 2.05) is 13.8 Å². The maximum Gasteiger partial charge on any atom is 0.328 e. The van der Waals surface area contributed by atoms with Gasteiger partial charge < -0.3 is 9.30 Å². The van der Waals surface area contributed by atoms with Gasteiger partial charge in [-0.2, -0.15) is 0 Å². The summed E-state index contributed by atoms with van der Waals surface area (Å²) in [6.07, 6.45) is 1.59. The normalized spacial score (nSPS) is 12.5. The number of rotatable bonds is 4. The van der Waals surface area contributed by atoms with Gasteiger partial charge in [0.15, 0.2) is 0 Å². The van der Waals surface area contributed by atoms with Crippen LogP contribution in [-0.2, 0) is 9.53 Å². The molecule has 0 saturated heterocycles. The molecule has 1 rings (SSSR count). The Morgan fingerprint density at radius 2 is 2.06 bits per heavy atom. The van der Waals surface area contributed by atoms with Crippen molar-refractivity contribution in [2.24, 2.45) is 5.92 Å². The monoisotopic (exact) mass is 223 g/mol. The van der Waals surface area contributed by atoms with Gasteiger partial charge in [-0.15, -0.1) is 0 Å². The van der Waals surface area contributed by atoms with Crippen molar-refractivity contribution in [2.45, 2.75) is 26.8 Å². The van der Waals surface area contributed by atoms with Crippen LogP contribution in [0, 0.1) is 5.92 Å². The average molecular weight is 223 g/mol. The summed E-state index contributed by atoms with van der Waals surface area (Å²) in [5.74, 6) is -0.0781. The average Bonchev–Trinajstić information content (AvgIpc) is 2.25. The van der Waals surface area contributed by atoms with E-state index in [1.165, 1.54) is 10.6 Å². The molecule has 0 aromatic carbocycles. The predicted molar refractivity (Wildman–Crippen MR) is 61.2 cm³/mol. The Morgan fingerprint density at radius 3 is 2.62 bits per heavy atom. The first kappa shape index (κ1) is 12.5. The number of carbonyl (C=O) groups is 1. The maximum atomic E-state index is 11.6. The third-order valence-electron chi connectivity index (χ3n) is 2.17. The fourth-order valence-electron chi connectivity index (χ4n) is 1.24. The van der Waals surface area contributed by atoms with Crippen LogP contribution in [0.5, 0.6) is 0 Å². The van der Waals surface area contributed by atoms with E-state index in [0.717, 1.165) is 0 Å². The van der Waals surface area contributed by atoms with E-state index >= 15 is 0 Å². The molecule has 0 N–H and O–H groups in total. The van der Waals surface area contributed by atoms with Crippen molar-refractivity contribution >= 4 is 5.97 Å². The van der Waals surface area contributed by atoms with Crippen LogP contribution in [0.3, 0.4) is 0 Å². The van der Waals surface area contributed by atoms with Crippen LogP contribution in [0.1, 0.15) is 26.8 Å². The second-order valence-corrected chi connectivity index (χ2v) is 4.15. The van der Waals surface area contributed by atoms with E-state index in [4.69, 9.17) is 4.74 Å². The summed E-state index contributed by atoms with van der Waals surface area (Å²) in [6.45, 7) is 5.97. The van der Waals surface area contributed by atoms with E-state index in [0.29, 0.717) is 12.5 Å². The van der Waals surface area contributed by atoms with Crippen molar-refractivity contribution in [1.29, 1.82) is 0 Å². The van der Waals surface area contributed by atoms with Crippen molar-refractivity contribution in [3.63, 3.8) is 0 Å². The van der Waals surface area contributed by atoms with Gasteiger partial charge >= 0.3 is 5.97 Å². The molecule has 0 amide bonds. The lowest BCUT2D eigenvalue weighted by molar-refractivity contribution is -0.148. The zero-order valence-electron chi connectivity index (χ0n) is 9.84. The molecule has 4 nitrogen and oxygen atoms in total. The lowest BCUT2D eigenvalue weighted by Gasteiger charge is -2.14. The SMILES string of the molecule is CC(C)COC(=O)C(C)n1ccccc1=O. The second kappa shape index (κ2) is 5.49. The molecule has 1 heterocycles. The van der Waals surface area contributed by atoms with Crippen LogP contribution in [-0.4, -0.2) is 17.1 Å². The summed E-state index contributed by atoms with van der Waals surface area (Å²) < 4.78 is 6.44. The molecule has 1 atom stereocenters. The van der Waals surface area contributed by atoms with Gasteiger partial charge in [0, 0.05) is 12.3 Å². The van der Waals surface area contributed by atoms with Gasteiger partial charge in [0.25, 0.3) is 5.56 Å². The number of nitrogens with zero attached hydrogens (tertiary/aromatic N) is 1. The standard InChI is InChI=1S/C12H17NO3/c1-9(2)8-16-12(15)10(3)13-7-5-4-6-11(13)14/h4-7,9-10H,8H2,1-3H3. The van der Waals surface area contributed by atoms with E-state index in [1.54, 1.807) is 25.3 Å². The number of hydrogen-bond donors (Lipinski definition) is 0. The summed E-state index contributed by atoms with van der Waals surface area (Å²) in [5.41, 5.74) is -0.198. The van der Waals surface area contributed by atoms with Crippen LogP contribution in [0.25, 0.3) is 0 Å². The van der Waals surface area contributed by atoms with Gasteiger partial charge in [-0.3, -0.25) is 4.79 Å². The minimum atomic E-state index is -0.576. The molecule has 0 aliphatic heterocycles. The Labute approximate surface area is 94.9 Å². The molecule has 0 spiro atoms. The minimum Gasteiger partial charge on any atom is -0.464 e. The Balaban J connectivity index is 2.71. The van der Waals surface area contributed by atoms with Crippen molar-refractivity contribution in [3.8, 4) is 0 Å². The summed E-state index contributed by atoms with van der Waals surface area (Å²) in [7, 11) is 0. The number of hydrogen-bond acceptors (Lipinski definition) is 3. The quantitative estimate of drug-likeness (QED) is 0.728. The number of aromatic nitrogens is 1. The maximum absolute atomic E-state index is 11.6. The van der Waals surface area contributed by atoms with Crippen molar-refractivity contribution < 1.29 is 9.53 Å². The van der Waals surface area contributed by atoms with Crippen LogP contribution < -0.4 is 5.56 Å². The van der Waals surface area contributed by atoms with Crippen LogP contribution >= 0.6 is 0 Å². The van der Waals surface area contributed by atoms with E-state index in [9.17, 15) is 9.59 Å². The summed E-state index contributed by atoms with van der Waals surface area (Å²) in [4.78, 5) is 23.1. The molecule has 0 aliphatic carbocycles. The fourth-order valence-corrected chi connectivity index (χ4v) is 1.24. The molecule has 0 bridgehead atoms. The zero-order valence-corrected chi connectivity index (χ0v) is 9.84. The van der Waals surface area contributed by atoms with Gasteiger partial charge in [-0.1, -0.05) is 19.9 Å². The molecule has 1 aromatic heterocycles. The van der Waals surface area contributed by atoms with Crippen LogP contribution in [0.2, 0.25) is 0 Å². The lowest BCUT2D eigenvalue weighted by Crippen LogP contribution is -2.28. The Morgan fingerprint density at radius 1 is 1.38 bits per heavy atom. The smallest absolute Gasteiger partial charge is 0.328 e. The highest BCUT2D eigenvalue weighted by Crippen LogP contribution is 2.05. The van der Waals surface area contributed by atoms with E-state index in [2.05, 4.69) is 0 Å². The van der Waals surface area contributed by atoms with E-state index < -0.39 is 6.04 Å². The molecule has 0 saturated carbocycles. The molecule has 0 radical (unpaired) electrons. The molecule has 0 aliphatic rings. The van der Waals surface area contributed by atoms with Crippen LogP contribution in [0.15, 0.2) is 29.2 Å². The van der Waals surface area contributed by atoms with Gasteiger partial charge in [0.2, 0.25) is 0 Å². The summed E-state index contributed by atoms with van der Waals surface area (Å²) in [5, 5.41) is 0. The first-order valence-electron chi connectivity index (χ1n) is 5.36. The third-order valence-corrected chi connectivity index (χ3v) is 2.17. The zero-order chi connectivity index (χ0) is 12.1. The highest BCUT2D eigenvalue weighted by Gasteiger charge is 2.17. The Bertz CT molecular complexity index is 409. The lowest BCUT2D eigenvalue weighted by atomic mass is 10.2. The molecule has 88 valence electrons. The molecule has 16 heavy (non-hydrogen) atoms. The predicted octanol–water partition coefficient (Wildman–Crippen LogP) is 1.61. The van der Waals surface area contributed by atoms with Crippen LogP contribution in [0.4, 0.5) is 0 Å². The molecular weight excluding hydrogens is 206 g/mol. The first-order chi connectivity index (χ1) is 7.52. The number of pyridine rings is 1. The highest BCUT2D eigenvalue weighted by atomic mass is 16.5. The molecule has 1 unspecified atom stereocenters. The fraction of sp³-hybridized carbons (Fsp3) is 0.500. The number of carbonyl (C=O) groups excluding carboxylic acids is 1. The minimum absolute atomic E-state index is 0.198.